The molecular weight excluding hydrogens is 330 g/mol. The number of hydrogen-bond acceptors (Lipinski definition) is 5. The first-order valence-electron chi connectivity index (χ1n) is 8.28. The van der Waals surface area contributed by atoms with E-state index in [4.69, 9.17) is 0 Å². The number of thioether (sulfide) groups is 1. The topological polar surface area (TPSA) is 62.2 Å². The summed E-state index contributed by atoms with van der Waals surface area (Å²) in [6.45, 7) is 12.7. The lowest BCUT2D eigenvalue weighted by Gasteiger charge is -2.18. The monoisotopic (exact) mass is 355 g/mol. The molecule has 0 atom stereocenters. The Bertz CT molecular complexity index is 759. The second kappa shape index (κ2) is 9.22. The van der Waals surface area contributed by atoms with E-state index in [1.807, 2.05) is 19.9 Å². The molecule has 132 valence electrons. The molecule has 5 nitrogen and oxygen atoms in total. The Morgan fingerprint density at radius 1 is 1.36 bits per heavy atom. The van der Waals surface area contributed by atoms with Crippen LogP contribution in [0.4, 0.5) is 5.82 Å². The van der Waals surface area contributed by atoms with Gasteiger partial charge in [0.05, 0.1) is 12.4 Å². The first-order chi connectivity index (χ1) is 12.0. The van der Waals surface area contributed by atoms with Gasteiger partial charge in [-0.2, -0.15) is 0 Å². The molecule has 0 aliphatic carbocycles. The van der Waals surface area contributed by atoms with Crippen molar-refractivity contribution in [1.29, 1.82) is 0 Å². The minimum Gasteiger partial charge on any atom is -0.348 e. The van der Waals surface area contributed by atoms with Crippen molar-refractivity contribution in [3.8, 4) is 0 Å². The maximum Gasteiger partial charge on any atom is 0.163 e. The van der Waals surface area contributed by atoms with Gasteiger partial charge in [0, 0.05) is 28.7 Å². The molecule has 25 heavy (non-hydrogen) atoms. The molecule has 2 heterocycles. The van der Waals surface area contributed by atoms with E-state index in [0.29, 0.717) is 6.54 Å². The smallest absolute Gasteiger partial charge is 0.163 e. The third kappa shape index (κ3) is 5.60. The maximum atomic E-state index is 4.59. The Morgan fingerprint density at radius 2 is 2.12 bits per heavy atom. The summed E-state index contributed by atoms with van der Waals surface area (Å²) in [7, 11) is 0. The molecule has 1 aromatic rings. The number of anilines is 1. The molecule has 0 saturated carbocycles. The van der Waals surface area contributed by atoms with Crippen molar-refractivity contribution in [1.82, 2.24) is 15.3 Å². The van der Waals surface area contributed by atoms with Gasteiger partial charge in [-0.25, -0.2) is 9.97 Å². The van der Waals surface area contributed by atoms with Crippen LogP contribution in [0.1, 0.15) is 34.1 Å². The van der Waals surface area contributed by atoms with Crippen LogP contribution >= 0.6 is 11.8 Å². The van der Waals surface area contributed by atoms with Crippen molar-refractivity contribution in [2.45, 2.75) is 39.1 Å². The summed E-state index contributed by atoms with van der Waals surface area (Å²) in [5.41, 5.74) is 3.16. The first-order valence-corrected chi connectivity index (χ1v) is 9.09. The summed E-state index contributed by atoms with van der Waals surface area (Å²) in [5.74, 6) is 1.68. The summed E-state index contributed by atoms with van der Waals surface area (Å²) >= 11 is 1.62. The number of amidine groups is 1. The zero-order chi connectivity index (χ0) is 18.2. The number of nitrogens with one attached hydrogen (secondary N) is 2. The van der Waals surface area contributed by atoms with E-state index >= 15 is 0 Å². The third-order valence-electron chi connectivity index (χ3n) is 3.53. The van der Waals surface area contributed by atoms with Gasteiger partial charge in [0.15, 0.2) is 5.82 Å². The van der Waals surface area contributed by atoms with Crippen molar-refractivity contribution < 1.29 is 0 Å². The molecule has 2 N–H and O–H groups in total. The SMILES string of the molecule is C=C/C(=C\C1=C(C)Sc2nccnc2N1)CN=C(C)N/C(C)=C\CC. The zero-order valence-corrected chi connectivity index (χ0v) is 16.1. The fourth-order valence-corrected chi connectivity index (χ4v) is 3.11. The second-order valence-electron chi connectivity index (χ2n) is 5.65. The molecule has 2 rings (SSSR count). The van der Waals surface area contributed by atoms with E-state index in [9.17, 15) is 0 Å². The fraction of sp³-hybridized carbons (Fsp3) is 0.316. The molecule has 6 heteroatoms. The Balaban J connectivity index is 2.10. The van der Waals surface area contributed by atoms with Crippen LogP contribution < -0.4 is 10.6 Å². The lowest BCUT2D eigenvalue weighted by molar-refractivity contribution is 1.03. The van der Waals surface area contributed by atoms with E-state index < -0.39 is 0 Å². The molecule has 1 aliphatic rings. The largest absolute Gasteiger partial charge is 0.348 e. The second-order valence-corrected chi connectivity index (χ2v) is 6.86. The van der Waals surface area contributed by atoms with Gasteiger partial charge in [-0.1, -0.05) is 37.4 Å². The van der Waals surface area contributed by atoms with Crippen molar-refractivity contribution in [3.63, 3.8) is 0 Å². The average Bonchev–Trinajstić information content (AvgIpc) is 2.59. The van der Waals surface area contributed by atoms with Crippen molar-refractivity contribution >= 4 is 23.4 Å². The number of allylic oxidation sites excluding steroid dienone is 4. The summed E-state index contributed by atoms with van der Waals surface area (Å²) in [5, 5.41) is 7.52. The molecule has 1 aliphatic heterocycles. The number of aliphatic imine (C=N–C) groups is 1. The Labute approximate surface area is 154 Å². The third-order valence-corrected chi connectivity index (χ3v) is 4.54. The van der Waals surface area contributed by atoms with Gasteiger partial charge >= 0.3 is 0 Å². The standard InChI is InChI=1S/C19H25N5S/c1-6-8-13(3)23-15(5)22-12-16(7-2)11-17-14(4)25-19-18(24-17)20-9-10-21-19/h7-11H,2,6,12H2,1,3-5H3,(H,20,24)(H,22,23)/b13-8-,16-11+. The highest BCUT2D eigenvalue weighted by atomic mass is 32.2. The summed E-state index contributed by atoms with van der Waals surface area (Å²) in [6.07, 6.45) is 10.4. The number of aromatic nitrogens is 2. The summed E-state index contributed by atoms with van der Waals surface area (Å²) in [4.78, 5) is 14.4. The minimum absolute atomic E-state index is 0.568. The molecule has 0 unspecified atom stereocenters. The number of nitrogens with zero attached hydrogens (tertiary/aromatic N) is 3. The Hall–Kier alpha value is -2.34. The zero-order valence-electron chi connectivity index (χ0n) is 15.3. The molecule has 0 saturated heterocycles. The summed E-state index contributed by atoms with van der Waals surface area (Å²) < 4.78 is 0. The van der Waals surface area contributed by atoms with Crippen LogP contribution in [0.3, 0.4) is 0 Å². The normalized spacial score (nSPS) is 15.6. The predicted molar refractivity (Wildman–Crippen MR) is 108 cm³/mol. The van der Waals surface area contributed by atoms with E-state index in [-0.39, 0.29) is 0 Å². The van der Waals surface area contributed by atoms with Crippen molar-refractivity contribution in [3.05, 3.63) is 59.1 Å². The summed E-state index contributed by atoms with van der Waals surface area (Å²) in [6, 6.07) is 0. The fourth-order valence-electron chi connectivity index (χ4n) is 2.29. The Kier molecular flexibility index (Phi) is 7.01. The van der Waals surface area contributed by atoms with Gasteiger partial charge < -0.3 is 10.6 Å². The van der Waals surface area contributed by atoms with Crippen LogP contribution in [-0.4, -0.2) is 22.3 Å². The quantitative estimate of drug-likeness (QED) is 0.441. The molecule has 0 fully saturated rings. The highest BCUT2D eigenvalue weighted by Gasteiger charge is 2.16. The van der Waals surface area contributed by atoms with E-state index in [1.54, 1.807) is 24.2 Å². The van der Waals surface area contributed by atoms with Gasteiger partial charge in [0.2, 0.25) is 0 Å². The highest BCUT2D eigenvalue weighted by Crippen LogP contribution is 2.36. The maximum absolute atomic E-state index is 4.59. The molecule has 0 amide bonds. The van der Waals surface area contributed by atoms with Gasteiger partial charge in [-0.15, -0.1) is 0 Å². The van der Waals surface area contributed by atoms with Crippen LogP contribution in [0.15, 0.2) is 69.1 Å². The lowest BCUT2D eigenvalue weighted by Crippen LogP contribution is -2.18. The molecule has 0 aromatic carbocycles. The first kappa shape index (κ1) is 19.0. The van der Waals surface area contributed by atoms with Crippen LogP contribution in [0.2, 0.25) is 0 Å². The van der Waals surface area contributed by atoms with E-state index in [0.717, 1.165) is 45.0 Å². The minimum atomic E-state index is 0.568. The van der Waals surface area contributed by atoms with Gasteiger partial charge in [0.25, 0.3) is 0 Å². The molecule has 0 bridgehead atoms. The molecule has 0 spiro atoms. The number of rotatable bonds is 6. The van der Waals surface area contributed by atoms with Gasteiger partial charge in [-0.3, -0.25) is 4.99 Å². The molecule has 0 radical (unpaired) electrons. The average molecular weight is 356 g/mol. The van der Waals surface area contributed by atoms with E-state index in [1.165, 1.54) is 0 Å². The predicted octanol–water partition coefficient (Wildman–Crippen LogP) is 4.66. The van der Waals surface area contributed by atoms with Gasteiger partial charge in [0.1, 0.15) is 5.03 Å². The van der Waals surface area contributed by atoms with Crippen LogP contribution in [-0.2, 0) is 0 Å². The number of fused-ring (bicyclic) bond motifs is 1. The lowest BCUT2D eigenvalue weighted by atomic mass is 10.2. The van der Waals surface area contributed by atoms with Crippen LogP contribution in [0.25, 0.3) is 0 Å². The Morgan fingerprint density at radius 3 is 2.84 bits per heavy atom. The van der Waals surface area contributed by atoms with Gasteiger partial charge in [-0.05, 0) is 38.8 Å². The van der Waals surface area contributed by atoms with Crippen LogP contribution in [0, 0.1) is 0 Å². The van der Waals surface area contributed by atoms with Crippen molar-refractivity contribution in [2.75, 3.05) is 11.9 Å². The highest BCUT2D eigenvalue weighted by molar-refractivity contribution is 8.03. The molecule has 1 aromatic heterocycles. The number of hydrogen-bond donors (Lipinski definition) is 2. The van der Waals surface area contributed by atoms with Crippen molar-refractivity contribution in [2.24, 2.45) is 4.99 Å². The molecular formula is C19H25N5S. The van der Waals surface area contributed by atoms with E-state index in [2.05, 4.69) is 58.2 Å². The van der Waals surface area contributed by atoms with Crippen LogP contribution in [0.5, 0.6) is 0 Å².